The molecule has 3 rings (SSSR count). The van der Waals surface area contributed by atoms with E-state index in [1.54, 1.807) is 11.8 Å². The third kappa shape index (κ3) is 4.02. The van der Waals surface area contributed by atoms with Crippen molar-refractivity contribution in [3.63, 3.8) is 0 Å². The van der Waals surface area contributed by atoms with Gasteiger partial charge >= 0.3 is 0 Å². The predicted octanol–water partition coefficient (Wildman–Crippen LogP) is 5.13. The molecule has 0 N–H and O–H groups in total. The van der Waals surface area contributed by atoms with Crippen LogP contribution in [-0.4, -0.2) is 9.55 Å². The molecule has 0 spiro atoms. The summed E-state index contributed by atoms with van der Waals surface area (Å²) in [5.74, 6) is 0.786. The molecule has 3 aromatic rings. The summed E-state index contributed by atoms with van der Waals surface area (Å²) in [7, 11) is 0. The molecule has 0 aliphatic carbocycles. The van der Waals surface area contributed by atoms with Gasteiger partial charge in [-0.25, -0.2) is 4.98 Å². The van der Waals surface area contributed by atoms with Gasteiger partial charge in [-0.1, -0.05) is 74.2 Å². The summed E-state index contributed by atoms with van der Waals surface area (Å²) in [6, 6.07) is 15.9. The van der Waals surface area contributed by atoms with E-state index in [2.05, 4.69) is 37.8 Å². The summed E-state index contributed by atoms with van der Waals surface area (Å²) in [4.78, 5) is 17.6. The quantitative estimate of drug-likeness (QED) is 0.437. The van der Waals surface area contributed by atoms with Crippen LogP contribution < -0.4 is 5.56 Å². The molecule has 0 unspecified atom stereocenters. The minimum Gasteiger partial charge on any atom is -0.287 e. The Kier molecular flexibility index (Phi) is 5.71. The van der Waals surface area contributed by atoms with E-state index in [0.29, 0.717) is 11.9 Å². The van der Waals surface area contributed by atoms with E-state index in [1.165, 1.54) is 5.56 Å². The number of benzene rings is 2. The van der Waals surface area contributed by atoms with Crippen LogP contribution in [0.15, 0.2) is 65.1 Å². The van der Waals surface area contributed by atoms with Crippen LogP contribution in [0.25, 0.3) is 17.0 Å². The summed E-state index contributed by atoms with van der Waals surface area (Å²) < 4.78 is 1.83. The molecule has 2 aromatic carbocycles. The van der Waals surface area contributed by atoms with Gasteiger partial charge in [-0.3, -0.25) is 9.36 Å². The van der Waals surface area contributed by atoms with Crippen molar-refractivity contribution in [2.45, 2.75) is 37.2 Å². The van der Waals surface area contributed by atoms with E-state index >= 15 is 0 Å². The van der Waals surface area contributed by atoms with Crippen LogP contribution in [-0.2, 0) is 12.3 Å². The highest BCUT2D eigenvalue weighted by atomic mass is 32.2. The zero-order valence-corrected chi connectivity index (χ0v) is 15.3. The van der Waals surface area contributed by atoms with Crippen LogP contribution in [0.5, 0.6) is 0 Å². The molecule has 25 heavy (non-hydrogen) atoms. The third-order valence-electron chi connectivity index (χ3n) is 4.15. The maximum Gasteiger partial charge on any atom is 0.262 e. The zero-order valence-electron chi connectivity index (χ0n) is 14.4. The molecule has 128 valence electrons. The van der Waals surface area contributed by atoms with Gasteiger partial charge in [-0.05, 0) is 29.7 Å². The van der Waals surface area contributed by atoms with Crippen molar-refractivity contribution >= 4 is 28.7 Å². The van der Waals surface area contributed by atoms with Gasteiger partial charge in [0.2, 0.25) is 0 Å². The fourth-order valence-electron chi connectivity index (χ4n) is 2.67. The normalized spacial score (nSPS) is 10.9. The predicted molar refractivity (Wildman–Crippen MR) is 107 cm³/mol. The SMILES string of the molecule is C=Cc1ccc(CSc2nc3ccccc3c(=O)n2CCCC)cc1. The highest BCUT2D eigenvalue weighted by molar-refractivity contribution is 7.98. The van der Waals surface area contributed by atoms with Gasteiger partial charge in [-0.15, -0.1) is 0 Å². The van der Waals surface area contributed by atoms with Gasteiger partial charge in [0.25, 0.3) is 5.56 Å². The lowest BCUT2D eigenvalue weighted by Crippen LogP contribution is -2.23. The minimum absolute atomic E-state index is 0.0588. The molecule has 0 fully saturated rings. The fraction of sp³-hybridized carbons (Fsp3) is 0.238. The number of thioether (sulfide) groups is 1. The monoisotopic (exact) mass is 350 g/mol. The highest BCUT2D eigenvalue weighted by Crippen LogP contribution is 2.23. The number of rotatable bonds is 7. The molecular formula is C21H22N2OS. The van der Waals surface area contributed by atoms with Gasteiger partial charge in [-0.2, -0.15) is 0 Å². The first-order valence-corrected chi connectivity index (χ1v) is 9.55. The molecule has 4 heteroatoms. The Bertz CT molecular complexity index is 929. The first kappa shape index (κ1) is 17.5. The summed E-state index contributed by atoms with van der Waals surface area (Å²) in [6.45, 7) is 6.63. The van der Waals surface area contributed by atoms with Gasteiger partial charge < -0.3 is 0 Å². The first-order valence-electron chi connectivity index (χ1n) is 8.56. The topological polar surface area (TPSA) is 34.9 Å². The van der Waals surface area contributed by atoms with Crippen molar-refractivity contribution in [1.82, 2.24) is 9.55 Å². The molecule has 1 heterocycles. The maximum atomic E-state index is 12.8. The molecule has 0 amide bonds. The summed E-state index contributed by atoms with van der Waals surface area (Å²) in [6.07, 6.45) is 3.86. The number of para-hydroxylation sites is 1. The number of hydrogen-bond acceptors (Lipinski definition) is 3. The summed E-state index contributed by atoms with van der Waals surface area (Å²) in [5, 5.41) is 1.49. The lowest BCUT2D eigenvalue weighted by atomic mass is 10.1. The lowest BCUT2D eigenvalue weighted by molar-refractivity contribution is 0.557. The molecule has 1 aromatic heterocycles. The molecule has 0 aliphatic rings. The van der Waals surface area contributed by atoms with Crippen LogP contribution in [0.4, 0.5) is 0 Å². The molecule has 0 bridgehead atoms. The zero-order chi connectivity index (χ0) is 17.6. The standard InChI is InChI=1S/C21H22N2OS/c1-3-5-14-23-20(24)18-8-6-7-9-19(18)22-21(23)25-15-17-12-10-16(4-2)11-13-17/h4,6-13H,2-3,5,14-15H2,1H3. The molecule has 0 atom stereocenters. The van der Waals surface area contributed by atoms with Crippen molar-refractivity contribution in [2.24, 2.45) is 0 Å². The number of aromatic nitrogens is 2. The van der Waals surface area contributed by atoms with Gasteiger partial charge in [0.15, 0.2) is 5.16 Å². The average Bonchev–Trinajstić information content (AvgIpc) is 2.66. The number of hydrogen-bond donors (Lipinski definition) is 0. The van der Waals surface area contributed by atoms with E-state index in [1.807, 2.05) is 34.9 Å². The maximum absolute atomic E-state index is 12.8. The Morgan fingerprint density at radius 2 is 1.92 bits per heavy atom. The van der Waals surface area contributed by atoms with Crippen LogP contribution >= 0.6 is 11.8 Å². The van der Waals surface area contributed by atoms with Crippen LogP contribution in [0, 0.1) is 0 Å². The Labute approximate surface area is 152 Å². The molecule has 0 saturated heterocycles. The second-order valence-corrected chi connectivity index (χ2v) is 6.90. The van der Waals surface area contributed by atoms with E-state index in [0.717, 1.165) is 34.8 Å². The fourth-order valence-corrected chi connectivity index (χ4v) is 3.65. The van der Waals surface area contributed by atoms with Crippen molar-refractivity contribution in [1.29, 1.82) is 0 Å². The van der Waals surface area contributed by atoms with Crippen LogP contribution in [0.3, 0.4) is 0 Å². The molecule has 0 aliphatic heterocycles. The number of unbranched alkanes of at least 4 members (excludes halogenated alkanes) is 1. The lowest BCUT2D eigenvalue weighted by Gasteiger charge is -2.12. The van der Waals surface area contributed by atoms with Crippen molar-refractivity contribution in [2.75, 3.05) is 0 Å². The van der Waals surface area contributed by atoms with Crippen LogP contribution in [0.1, 0.15) is 30.9 Å². The van der Waals surface area contributed by atoms with E-state index in [4.69, 9.17) is 4.98 Å². The van der Waals surface area contributed by atoms with Crippen molar-refractivity contribution in [3.8, 4) is 0 Å². The summed E-state index contributed by atoms with van der Waals surface area (Å²) in [5.41, 5.74) is 3.14. The first-order chi connectivity index (χ1) is 12.2. The van der Waals surface area contributed by atoms with Crippen LogP contribution in [0.2, 0.25) is 0 Å². The number of nitrogens with zero attached hydrogens (tertiary/aromatic N) is 2. The Morgan fingerprint density at radius 3 is 2.64 bits per heavy atom. The number of fused-ring (bicyclic) bond motifs is 1. The Hall–Kier alpha value is -2.33. The third-order valence-corrected chi connectivity index (χ3v) is 5.19. The molecule has 0 saturated carbocycles. The molecule has 3 nitrogen and oxygen atoms in total. The second-order valence-electron chi connectivity index (χ2n) is 5.96. The molecule has 0 radical (unpaired) electrons. The van der Waals surface area contributed by atoms with Crippen molar-refractivity contribution in [3.05, 3.63) is 76.6 Å². The Balaban J connectivity index is 1.92. The van der Waals surface area contributed by atoms with E-state index in [9.17, 15) is 4.79 Å². The summed E-state index contributed by atoms with van der Waals surface area (Å²) >= 11 is 1.62. The average molecular weight is 350 g/mol. The van der Waals surface area contributed by atoms with Gasteiger partial charge in [0.05, 0.1) is 10.9 Å². The largest absolute Gasteiger partial charge is 0.287 e. The second kappa shape index (κ2) is 8.17. The highest BCUT2D eigenvalue weighted by Gasteiger charge is 2.11. The Morgan fingerprint density at radius 1 is 1.16 bits per heavy atom. The van der Waals surface area contributed by atoms with E-state index < -0.39 is 0 Å². The van der Waals surface area contributed by atoms with Gasteiger partial charge in [0, 0.05) is 12.3 Å². The van der Waals surface area contributed by atoms with Gasteiger partial charge in [0.1, 0.15) is 0 Å². The minimum atomic E-state index is 0.0588. The molecular weight excluding hydrogens is 328 g/mol. The van der Waals surface area contributed by atoms with E-state index in [-0.39, 0.29) is 5.56 Å². The van der Waals surface area contributed by atoms with Crippen molar-refractivity contribution < 1.29 is 0 Å². The smallest absolute Gasteiger partial charge is 0.262 e.